The molecule has 0 unspecified atom stereocenters. The highest BCUT2D eigenvalue weighted by atomic mass is 16.5. The predicted molar refractivity (Wildman–Crippen MR) is 80.9 cm³/mol. The van der Waals surface area contributed by atoms with Gasteiger partial charge in [0.15, 0.2) is 0 Å². The molecule has 1 aliphatic rings. The first kappa shape index (κ1) is 13.6. The molecule has 1 fully saturated rings. The molecule has 0 aromatic carbocycles. The molecular formula is C16H23N3O. The van der Waals surface area contributed by atoms with Crippen molar-refractivity contribution in [2.75, 3.05) is 26.3 Å². The van der Waals surface area contributed by atoms with Gasteiger partial charge in [-0.2, -0.15) is 0 Å². The van der Waals surface area contributed by atoms with Crippen LogP contribution in [0, 0.1) is 0 Å². The van der Waals surface area contributed by atoms with E-state index in [9.17, 15) is 0 Å². The fourth-order valence-corrected chi connectivity index (χ4v) is 2.86. The number of ether oxygens (including phenoxy) is 1. The first-order valence-corrected chi connectivity index (χ1v) is 7.32. The maximum Gasteiger partial charge on any atom is 0.137 e. The van der Waals surface area contributed by atoms with Gasteiger partial charge >= 0.3 is 0 Å². The van der Waals surface area contributed by atoms with E-state index in [1.807, 2.05) is 12.3 Å². The number of aromatic nitrogens is 2. The Kier molecular flexibility index (Phi) is 3.52. The average molecular weight is 273 g/mol. The van der Waals surface area contributed by atoms with E-state index in [-0.39, 0.29) is 5.41 Å². The molecule has 108 valence electrons. The Bertz CT molecular complexity index is 591. The largest absolute Gasteiger partial charge is 0.379 e. The summed E-state index contributed by atoms with van der Waals surface area (Å²) in [6.45, 7) is 11.4. The van der Waals surface area contributed by atoms with E-state index in [0.717, 1.165) is 38.5 Å². The van der Waals surface area contributed by atoms with Crippen LogP contribution in [0.1, 0.15) is 32.0 Å². The molecule has 20 heavy (non-hydrogen) atoms. The van der Waals surface area contributed by atoms with Crippen LogP contribution in [-0.2, 0) is 16.7 Å². The number of morpholine rings is 1. The van der Waals surface area contributed by atoms with Gasteiger partial charge in [0.2, 0.25) is 0 Å². The average Bonchev–Trinajstić information content (AvgIpc) is 2.79. The number of pyridine rings is 1. The third-order valence-electron chi connectivity index (χ3n) is 3.91. The SMILES string of the molecule is CC(C)(C)c1[nH]c2ncccc2c1CN1CCOCC1. The van der Waals surface area contributed by atoms with Gasteiger partial charge in [-0.05, 0) is 17.7 Å². The van der Waals surface area contributed by atoms with E-state index >= 15 is 0 Å². The lowest BCUT2D eigenvalue weighted by Gasteiger charge is -2.28. The Morgan fingerprint density at radius 3 is 2.75 bits per heavy atom. The van der Waals surface area contributed by atoms with Gasteiger partial charge in [-0.15, -0.1) is 0 Å². The molecule has 3 rings (SSSR count). The van der Waals surface area contributed by atoms with Crippen LogP contribution in [0.15, 0.2) is 18.3 Å². The van der Waals surface area contributed by atoms with Crippen molar-refractivity contribution in [2.45, 2.75) is 32.7 Å². The van der Waals surface area contributed by atoms with Gasteiger partial charge in [0.1, 0.15) is 5.65 Å². The van der Waals surface area contributed by atoms with Crippen LogP contribution in [0.5, 0.6) is 0 Å². The van der Waals surface area contributed by atoms with Crippen molar-refractivity contribution in [1.82, 2.24) is 14.9 Å². The van der Waals surface area contributed by atoms with E-state index in [2.05, 4.69) is 41.7 Å². The number of fused-ring (bicyclic) bond motifs is 1. The topological polar surface area (TPSA) is 41.2 Å². The van der Waals surface area contributed by atoms with Crippen LogP contribution in [0.25, 0.3) is 11.0 Å². The highest BCUT2D eigenvalue weighted by molar-refractivity contribution is 5.81. The fraction of sp³-hybridized carbons (Fsp3) is 0.562. The predicted octanol–water partition coefficient (Wildman–Crippen LogP) is 2.69. The zero-order chi connectivity index (χ0) is 14.2. The maximum absolute atomic E-state index is 5.44. The molecule has 0 amide bonds. The molecule has 3 heterocycles. The van der Waals surface area contributed by atoms with Crippen LogP contribution in [0.3, 0.4) is 0 Å². The van der Waals surface area contributed by atoms with E-state index in [1.54, 1.807) is 0 Å². The third kappa shape index (κ3) is 2.58. The van der Waals surface area contributed by atoms with E-state index < -0.39 is 0 Å². The fourth-order valence-electron chi connectivity index (χ4n) is 2.86. The van der Waals surface area contributed by atoms with Gasteiger partial charge < -0.3 is 9.72 Å². The highest BCUT2D eigenvalue weighted by Gasteiger charge is 2.24. The number of nitrogens with one attached hydrogen (secondary N) is 1. The van der Waals surface area contributed by atoms with E-state index in [4.69, 9.17) is 4.74 Å². The molecule has 0 radical (unpaired) electrons. The zero-order valence-corrected chi connectivity index (χ0v) is 12.6. The summed E-state index contributed by atoms with van der Waals surface area (Å²) in [6.07, 6.45) is 1.85. The Hall–Kier alpha value is -1.39. The van der Waals surface area contributed by atoms with E-state index in [0.29, 0.717) is 0 Å². The molecule has 1 aliphatic heterocycles. The van der Waals surface area contributed by atoms with Crippen LogP contribution < -0.4 is 0 Å². The summed E-state index contributed by atoms with van der Waals surface area (Å²) < 4.78 is 5.44. The van der Waals surface area contributed by atoms with Gasteiger partial charge in [-0.3, -0.25) is 4.90 Å². The highest BCUT2D eigenvalue weighted by Crippen LogP contribution is 2.31. The third-order valence-corrected chi connectivity index (χ3v) is 3.91. The number of rotatable bonds is 2. The number of hydrogen-bond donors (Lipinski definition) is 1. The Balaban J connectivity index is 2.01. The second-order valence-corrected chi connectivity index (χ2v) is 6.52. The molecule has 0 atom stereocenters. The lowest BCUT2D eigenvalue weighted by molar-refractivity contribution is 0.0341. The Labute approximate surface area is 120 Å². The van der Waals surface area contributed by atoms with Crippen LogP contribution in [0.2, 0.25) is 0 Å². The van der Waals surface area contributed by atoms with Crippen LogP contribution >= 0.6 is 0 Å². The zero-order valence-electron chi connectivity index (χ0n) is 12.6. The minimum Gasteiger partial charge on any atom is -0.379 e. The van der Waals surface area contributed by atoms with Crippen molar-refractivity contribution in [3.63, 3.8) is 0 Å². The molecule has 2 aromatic heterocycles. The molecule has 0 saturated carbocycles. The van der Waals surface area contributed by atoms with Crippen molar-refractivity contribution in [3.8, 4) is 0 Å². The summed E-state index contributed by atoms with van der Waals surface area (Å²) in [4.78, 5) is 10.5. The summed E-state index contributed by atoms with van der Waals surface area (Å²) in [6, 6.07) is 4.19. The summed E-state index contributed by atoms with van der Waals surface area (Å²) in [5.74, 6) is 0. The Morgan fingerprint density at radius 2 is 2.05 bits per heavy atom. The van der Waals surface area contributed by atoms with Gasteiger partial charge in [0.05, 0.1) is 13.2 Å². The summed E-state index contributed by atoms with van der Waals surface area (Å²) in [7, 11) is 0. The summed E-state index contributed by atoms with van der Waals surface area (Å²) in [5, 5.41) is 1.25. The summed E-state index contributed by atoms with van der Waals surface area (Å²) in [5.41, 5.74) is 3.79. The monoisotopic (exact) mass is 273 g/mol. The first-order chi connectivity index (χ1) is 9.55. The molecule has 0 bridgehead atoms. The van der Waals surface area contributed by atoms with Crippen LogP contribution in [0.4, 0.5) is 0 Å². The van der Waals surface area contributed by atoms with E-state index in [1.165, 1.54) is 16.6 Å². The van der Waals surface area contributed by atoms with Crippen molar-refractivity contribution in [2.24, 2.45) is 0 Å². The molecule has 0 spiro atoms. The number of H-pyrrole nitrogens is 1. The van der Waals surface area contributed by atoms with Crippen LogP contribution in [-0.4, -0.2) is 41.2 Å². The van der Waals surface area contributed by atoms with Crippen molar-refractivity contribution >= 4 is 11.0 Å². The molecule has 1 N–H and O–H groups in total. The standard InChI is InChI=1S/C16H23N3O/c1-16(2,3)14-13(11-19-7-9-20-10-8-19)12-5-4-6-17-15(12)18-14/h4-6H,7-11H2,1-3H3,(H,17,18). The molecule has 2 aromatic rings. The second kappa shape index (κ2) is 5.19. The molecular weight excluding hydrogens is 250 g/mol. The molecule has 4 heteroatoms. The smallest absolute Gasteiger partial charge is 0.137 e. The van der Waals surface area contributed by atoms with Crippen molar-refractivity contribution in [3.05, 3.63) is 29.6 Å². The van der Waals surface area contributed by atoms with Crippen molar-refractivity contribution in [1.29, 1.82) is 0 Å². The van der Waals surface area contributed by atoms with Gasteiger partial charge in [-0.25, -0.2) is 4.98 Å². The quantitative estimate of drug-likeness (QED) is 0.914. The number of aromatic amines is 1. The number of nitrogens with zero attached hydrogens (tertiary/aromatic N) is 2. The first-order valence-electron chi connectivity index (χ1n) is 7.32. The van der Waals surface area contributed by atoms with Crippen molar-refractivity contribution < 1.29 is 4.74 Å². The minimum atomic E-state index is 0.0995. The Morgan fingerprint density at radius 1 is 1.30 bits per heavy atom. The second-order valence-electron chi connectivity index (χ2n) is 6.52. The maximum atomic E-state index is 5.44. The van der Waals surface area contributed by atoms with Gasteiger partial charge in [-0.1, -0.05) is 20.8 Å². The minimum absolute atomic E-state index is 0.0995. The number of hydrogen-bond acceptors (Lipinski definition) is 3. The molecule has 4 nitrogen and oxygen atoms in total. The normalized spacial score (nSPS) is 17.8. The lowest BCUT2D eigenvalue weighted by atomic mass is 9.88. The van der Waals surface area contributed by atoms with Gasteiger partial charge in [0, 0.05) is 42.3 Å². The summed E-state index contributed by atoms with van der Waals surface area (Å²) >= 11 is 0. The lowest BCUT2D eigenvalue weighted by Crippen LogP contribution is -2.36. The van der Waals surface area contributed by atoms with Gasteiger partial charge in [0.25, 0.3) is 0 Å². The molecule has 1 saturated heterocycles. The molecule has 0 aliphatic carbocycles.